The number of benzene rings is 4. The Balaban J connectivity index is 0.000000129. The van der Waals surface area contributed by atoms with Crippen LogP contribution in [-0.4, -0.2) is 0 Å². The summed E-state index contributed by atoms with van der Waals surface area (Å²) in [5, 5.41) is 5.25. The summed E-state index contributed by atoms with van der Waals surface area (Å²) >= 11 is 0. The number of rotatable bonds is 0. The highest BCUT2D eigenvalue weighted by molar-refractivity contribution is 5.98. The molecule has 1 aliphatic rings. The summed E-state index contributed by atoms with van der Waals surface area (Å²) in [6, 6.07) is 30.2. The second-order valence-corrected chi connectivity index (χ2v) is 6.52. The molecule has 0 radical (unpaired) electrons. The Morgan fingerprint density at radius 3 is 1.12 bits per heavy atom. The van der Waals surface area contributed by atoms with Crippen LogP contribution in [-0.2, 0) is 12.8 Å². The van der Waals surface area contributed by atoms with Crippen molar-refractivity contribution < 1.29 is 0 Å². The number of fused-ring (bicyclic) bond motifs is 3. The Morgan fingerprint density at radius 2 is 0.750 bits per heavy atom. The van der Waals surface area contributed by atoms with Crippen molar-refractivity contribution >= 4 is 21.5 Å². The van der Waals surface area contributed by atoms with E-state index in [4.69, 9.17) is 0 Å². The van der Waals surface area contributed by atoms with Crippen molar-refractivity contribution in [2.75, 3.05) is 0 Å². The van der Waals surface area contributed by atoms with Crippen molar-refractivity contribution in [1.29, 1.82) is 0 Å². The average molecular weight is 310 g/mol. The summed E-state index contributed by atoms with van der Waals surface area (Å²) in [6.07, 6.45) is 5.38. The van der Waals surface area contributed by atoms with Gasteiger partial charge in [-0.25, -0.2) is 0 Å². The fourth-order valence-corrected chi connectivity index (χ4v) is 3.56. The molecule has 0 fully saturated rings. The molecule has 0 saturated heterocycles. The molecule has 1 aliphatic carbocycles. The highest BCUT2D eigenvalue weighted by Gasteiger charge is 2.06. The molecular formula is C24H22. The molecule has 0 spiro atoms. The number of hydrogen-bond acceptors (Lipinski definition) is 0. The van der Waals surface area contributed by atoms with E-state index in [1.807, 2.05) is 0 Å². The van der Waals surface area contributed by atoms with Gasteiger partial charge in [-0.15, -0.1) is 0 Å². The lowest BCUT2D eigenvalue weighted by Gasteiger charge is -2.13. The fraction of sp³-hybridized carbons (Fsp3) is 0.167. The molecule has 4 aromatic carbocycles. The Morgan fingerprint density at radius 1 is 0.417 bits per heavy atom. The minimum Gasteiger partial charge on any atom is -0.0620 e. The summed E-state index contributed by atoms with van der Waals surface area (Å²) in [5.41, 5.74) is 3.16. The molecule has 0 saturated carbocycles. The molecule has 24 heavy (non-hydrogen) atoms. The molecule has 0 aliphatic heterocycles. The second-order valence-electron chi connectivity index (χ2n) is 6.52. The first-order valence-electron chi connectivity index (χ1n) is 8.84. The highest BCUT2D eigenvalue weighted by Crippen LogP contribution is 2.22. The van der Waals surface area contributed by atoms with E-state index in [9.17, 15) is 0 Å². The molecule has 0 atom stereocenters. The van der Waals surface area contributed by atoms with E-state index >= 15 is 0 Å². The molecule has 0 N–H and O–H groups in total. The zero-order valence-corrected chi connectivity index (χ0v) is 13.9. The zero-order chi connectivity index (χ0) is 16.2. The Hall–Kier alpha value is -2.60. The largest absolute Gasteiger partial charge is 0.0620 e. The van der Waals surface area contributed by atoms with E-state index < -0.39 is 0 Å². The standard InChI is InChI=1S/C14H10.C10H12/c1-2-6-12-10-14-8-4-3-7-13(14)9-11(12)5-1;1-2-6-10-8-4-3-7-9(10)5-1/h1-10H;1-2,5-6H,3-4,7-8H2. The maximum atomic E-state index is 2.26. The van der Waals surface area contributed by atoms with Crippen molar-refractivity contribution in [2.24, 2.45) is 0 Å². The predicted octanol–water partition coefficient (Wildman–Crippen LogP) is 6.56. The van der Waals surface area contributed by atoms with Crippen molar-refractivity contribution in [2.45, 2.75) is 25.7 Å². The summed E-state index contributed by atoms with van der Waals surface area (Å²) < 4.78 is 0. The molecular weight excluding hydrogens is 288 g/mol. The van der Waals surface area contributed by atoms with Crippen molar-refractivity contribution in [3.8, 4) is 0 Å². The Bertz CT molecular complexity index is 835. The molecule has 0 heteroatoms. The van der Waals surface area contributed by atoms with Crippen LogP contribution in [0, 0.1) is 0 Å². The van der Waals surface area contributed by atoms with Gasteiger partial charge in [-0.3, -0.25) is 0 Å². The van der Waals surface area contributed by atoms with Crippen LogP contribution in [0.2, 0.25) is 0 Å². The summed E-state index contributed by atoms with van der Waals surface area (Å²) in [4.78, 5) is 0. The van der Waals surface area contributed by atoms with E-state index in [0.29, 0.717) is 0 Å². The van der Waals surface area contributed by atoms with E-state index in [1.165, 1.54) is 47.2 Å². The van der Waals surface area contributed by atoms with Gasteiger partial charge in [-0.05, 0) is 70.5 Å². The fourth-order valence-electron chi connectivity index (χ4n) is 3.56. The number of hydrogen-bond donors (Lipinski definition) is 0. The van der Waals surface area contributed by atoms with Crippen LogP contribution in [0.1, 0.15) is 24.0 Å². The normalized spacial score (nSPS) is 13.2. The van der Waals surface area contributed by atoms with Crippen LogP contribution in [0.5, 0.6) is 0 Å². The third kappa shape index (κ3) is 3.19. The first-order chi connectivity index (χ1) is 11.9. The monoisotopic (exact) mass is 310 g/mol. The van der Waals surface area contributed by atoms with Gasteiger partial charge in [0.05, 0.1) is 0 Å². The van der Waals surface area contributed by atoms with E-state index in [1.54, 1.807) is 11.1 Å². The van der Waals surface area contributed by atoms with Gasteiger partial charge in [0.25, 0.3) is 0 Å². The maximum absolute atomic E-state index is 2.26. The molecule has 5 rings (SSSR count). The van der Waals surface area contributed by atoms with E-state index in [2.05, 4.69) is 84.9 Å². The molecule has 0 amide bonds. The lowest BCUT2D eigenvalue weighted by Crippen LogP contribution is -2.00. The molecule has 4 aromatic rings. The minimum atomic E-state index is 1.30. The molecule has 118 valence electrons. The topological polar surface area (TPSA) is 0 Å². The summed E-state index contributed by atoms with van der Waals surface area (Å²) in [7, 11) is 0. The number of aryl methyl sites for hydroxylation is 2. The maximum Gasteiger partial charge on any atom is -0.0178 e. The van der Waals surface area contributed by atoms with Crippen molar-refractivity contribution in [1.82, 2.24) is 0 Å². The zero-order valence-electron chi connectivity index (χ0n) is 13.9. The smallest absolute Gasteiger partial charge is 0.0178 e. The van der Waals surface area contributed by atoms with Crippen LogP contribution in [0.3, 0.4) is 0 Å². The SMILES string of the molecule is c1ccc2c(c1)CCCC2.c1ccc2cc3ccccc3cc2c1. The first kappa shape index (κ1) is 15.0. The van der Waals surface area contributed by atoms with Gasteiger partial charge in [-0.1, -0.05) is 72.8 Å². The van der Waals surface area contributed by atoms with E-state index in [0.717, 1.165) is 0 Å². The third-order valence-electron chi connectivity index (χ3n) is 4.87. The minimum absolute atomic E-state index is 1.30. The molecule has 0 heterocycles. The van der Waals surface area contributed by atoms with Crippen LogP contribution in [0.15, 0.2) is 84.9 Å². The van der Waals surface area contributed by atoms with Crippen LogP contribution < -0.4 is 0 Å². The molecule has 0 aromatic heterocycles. The van der Waals surface area contributed by atoms with Crippen LogP contribution in [0.4, 0.5) is 0 Å². The van der Waals surface area contributed by atoms with Gasteiger partial charge in [0.15, 0.2) is 0 Å². The van der Waals surface area contributed by atoms with Crippen LogP contribution >= 0.6 is 0 Å². The molecule has 0 unspecified atom stereocenters. The molecule has 0 nitrogen and oxygen atoms in total. The third-order valence-corrected chi connectivity index (χ3v) is 4.87. The van der Waals surface area contributed by atoms with Gasteiger partial charge in [0, 0.05) is 0 Å². The van der Waals surface area contributed by atoms with Gasteiger partial charge in [-0.2, -0.15) is 0 Å². The second kappa shape index (κ2) is 6.88. The summed E-state index contributed by atoms with van der Waals surface area (Å²) in [6.45, 7) is 0. The lowest BCUT2D eigenvalue weighted by molar-refractivity contribution is 0.685. The summed E-state index contributed by atoms with van der Waals surface area (Å²) in [5.74, 6) is 0. The Kier molecular flexibility index (Phi) is 4.29. The average Bonchev–Trinajstić information content (AvgIpc) is 2.67. The first-order valence-corrected chi connectivity index (χ1v) is 8.84. The quantitative estimate of drug-likeness (QED) is 0.323. The lowest BCUT2D eigenvalue weighted by atomic mass is 9.92. The van der Waals surface area contributed by atoms with Gasteiger partial charge in [0.1, 0.15) is 0 Å². The molecule has 0 bridgehead atoms. The van der Waals surface area contributed by atoms with Crippen molar-refractivity contribution in [3.05, 3.63) is 96.1 Å². The van der Waals surface area contributed by atoms with Crippen molar-refractivity contribution in [3.63, 3.8) is 0 Å². The highest BCUT2D eigenvalue weighted by atomic mass is 14.1. The van der Waals surface area contributed by atoms with Gasteiger partial charge >= 0.3 is 0 Å². The van der Waals surface area contributed by atoms with Crippen LogP contribution in [0.25, 0.3) is 21.5 Å². The van der Waals surface area contributed by atoms with Gasteiger partial charge < -0.3 is 0 Å². The predicted molar refractivity (Wildman–Crippen MR) is 105 cm³/mol. The Labute approximate surface area is 143 Å². The van der Waals surface area contributed by atoms with Gasteiger partial charge in [0.2, 0.25) is 0 Å². The van der Waals surface area contributed by atoms with E-state index in [-0.39, 0.29) is 0 Å².